The Morgan fingerprint density at radius 3 is 2.64 bits per heavy atom. The van der Waals surface area contributed by atoms with E-state index in [1.807, 2.05) is 55.1 Å². The first-order chi connectivity index (χ1) is 11.4. The molecule has 0 saturated carbocycles. The van der Waals surface area contributed by atoms with Crippen LogP contribution in [0.25, 0.3) is 0 Å². The Labute approximate surface area is 173 Å². The number of carbonyl (C=O) groups excluding carboxylic acids is 1. The molecular weight excluding hydrogens is 451 g/mol. The normalized spacial score (nSPS) is 18.0. The molecule has 140 valence electrons. The van der Waals surface area contributed by atoms with E-state index in [9.17, 15) is 4.79 Å². The molecular formula is C18H28ClIN4O. The molecule has 1 aliphatic rings. The zero-order valence-electron chi connectivity index (χ0n) is 15.4. The molecule has 1 aromatic rings. The molecule has 0 aliphatic carbocycles. The van der Waals surface area contributed by atoms with E-state index in [1.165, 1.54) is 0 Å². The maximum absolute atomic E-state index is 12.6. The third-order valence-corrected chi connectivity index (χ3v) is 4.41. The quantitative estimate of drug-likeness (QED) is 0.381. The van der Waals surface area contributed by atoms with E-state index >= 15 is 0 Å². The molecule has 0 radical (unpaired) electrons. The zero-order valence-corrected chi connectivity index (χ0v) is 18.5. The number of rotatable bonds is 3. The summed E-state index contributed by atoms with van der Waals surface area (Å²) in [6.07, 6.45) is 0.397. The number of amides is 1. The lowest BCUT2D eigenvalue weighted by Crippen LogP contribution is -2.57. The maximum atomic E-state index is 12.6. The summed E-state index contributed by atoms with van der Waals surface area (Å²) < 4.78 is 0. The summed E-state index contributed by atoms with van der Waals surface area (Å²) in [6, 6.07) is 7.68. The third kappa shape index (κ3) is 6.02. The molecule has 1 unspecified atom stereocenters. The number of carbonyl (C=O) groups is 1. The fourth-order valence-corrected chi connectivity index (χ4v) is 3.31. The van der Waals surface area contributed by atoms with E-state index in [0.29, 0.717) is 11.4 Å². The van der Waals surface area contributed by atoms with Crippen LogP contribution in [0.5, 0.6) is 0 Å². The number of piperazine rings is 1. The van der Waals surface area contributed by atoms with Gasteiger partial charge in [-0.05, 0) is 31.5 Å². The summed E-state index contributed by atoms with van der Waals surface area (Å²) in [5.74, 6) is 1.15. The van der Waals surface area contributed by atoms with Gasteiger partial charge < -0.3 is 14.7 Å². The molecule has 7 heteroatoms. The van der Waals surface area contributed by atoms with Crippen molar-refractivity contribution >= 4 is 47.4 Å². The SMILES string of the molecule is CCN=C(N(C)C)N1CCN(C(=O)Cc2cccc(Cl)c2)C(C)C1.I. The second-order valence-electron chi connectivity index (χ2n) is 6.36. The smallest absolute Gasteiger partial charge is 0.227 e. The third-order valence-electron chi connectivity index (χ3n) is 4.17. The molecule has 0 bridgehead atoms. The van der Waals surface area contributed by atoms with Crippen LogP contribution in [0.3, 0.4) is 0 Å². The summed E-state index contributed by atoms with van der Waals surface area (Å²) in [4.78, 5) is 23.5. The topological polar surface area (TPSA) is 39.1 Å². The van der Waals surface area contributed by atoms with E-state index in [-0.39, 0.29) is 35.9 Å². The van der Waals surface area contributed by atoms with Gasteiger partial charge in [-0.25, -0.2) is 0 Å². The average Bonchev–Trinajstić information content (AvgIpc) is 2.52. The first kappa shape index (κ1) is 22.0. The van der Waals surface area contributed by atoms with Gasteiger partial charge in [0.25, 0.3) is 0 Å². The highest BCUT2D eigenvalue weighted by molar-refractivity contribution is 14.0. The predicted octanol–water partition coefficient (Wildman–Crippen LogP) is 2.97. The van der Waals surface area contributed by atoms with Crippen LogP contribution >= 0.6 is 35.6 Å². The van der Waals surface area contributed by atoms with E-state index in [4.69, 9.17) is 11.6 Å². The van der Waals surface area contributed by atoms with E-state index in [0.717, 1.165) is 37.7 Å². The van der Waals surface area contributed by atoms with Crippen molar-refractivity contribution in [3.05, 3.63) is 34.9 Å². The summed E-state index contributed by atoms with van der Waals surface area (Å²) >= 11 is 6.01. The highest BCUT2D eigenvalue weighted by atomic mass is 127. The second kappa shape index (κ2) is 10.2. The summed E-state index contributed by atoms with van der Waals surface area (Å²) in [7, 11) is 4.02. The summed E-state index contributed by atoms with van der Waals surface area (Å²) in [5, 5.41) is 0.671. The van der Waals surface area contributed by atoms with Gasteiger partial charge in [0, 0.05) is 51.3 Å². The Bertz CT molecular complexity index is 608. The van der Waals surface area contributed by atoms with Crippen molar-refractivity contribution in [3.8, 4) is 0 Å². The standard InChI is InChI=1S/C18H27ClN4O.HI/c1-5-20-18(21(3)4)22-9-10-23(14(2)13-22)17(24)12-15-7-6-8-16(19)11-15;/h6-8,11,14H,5,9-10,12-13H2,1-4H3;1H. The van der Waals surface area contributed by atoms with Crippen molar-refractivity contribution in [2.24, 2.45) is 4.99 Å². The molecule has 2 rings (SSSR count). The molecule has 1 aliphatic heterocycles. The van der Waals surface area contributed by atoms with Crippen LogP contribution in [0.2, 0.25) is 5.02 Å². The van der Waals surface area contributed by atoms with Gasteiger partial charge in [0.2, 0.25) is 5.91 Å². The Morgan fingerprint density at radius 1 is 1.36 bits per heavy atom. The Balaban J connectivity index is 0.00000312. The second-order valence-corrected chi connectivity index (χ2v) is 6.79. The van der Waals surface area contributed by atoms with Crippen molar-refractivity contribution in [3.63, 3.8) is 0 Å². The minimum Gasteiger partial charge on any atom is -0.349 e. The van der Waals surface area contributed by atoms with Crippen LogP contribution in [0.1, 0.15) is 19.4 Å². The van der Waals surface area contributed by atoms with Crippen molar-refractivity contribution in [1.82, 2.24) is 14.7 Å². The van der Waals surface area contributed by atoms with E-state index < -0.39 is 0 Å². The molecule has 5 nitrogen and oxygen atoms in total. The molecule has 25 heavy (non-hydrogen) atoms. The van der Waals surface area contributed by atoms with E-state index in [2.05, 4.69) is 16.8 Å². The maximum Gasteiger partial charge on any atom is 0.227 e. The number of guanidine groups is 1. The molecule has 0 spiro atoms. The molecule has 1 heterocycles. The van der Waals surface area contributed by atoms with Gasteiger partial charge in [0.15, 0.2) is 5.96 Å². The van der Waals surface area contributed by atoms with E-state index in [1.54, 1.807) is 0 Å². The van der Waals surface area contributed by atoms with Crippen LogP contribution in [0.15, 0.2) is 29.3 Å². The zero-order chi connectivity index (χ0) is 17.7. The fraction of sp³-hybridized carbons (Fsp3) is 0.556. The first-order valence-corrected chi connectivity index (χ1v) is 8.80. The molecule has 0 N–H and O–H groups in total. The van der Waals surface area contributed by atoms with Crippen LogP contribution in [-0.4, -0.2) is 72.9 Å². The molecule has 1 fully saturated rings. The van der Waals surface area contributed by atoms with Crippen molar-refractivity contribution in [2.45, 2.75) is 26.3 Å². The van der Waals surface area contributed by atoms with Crippen molar-refractivity contribution < 1.29 is 4.79 Å². The van der Waals surface area contributed by atoms with Gasteiger partial charge >= 0.3 is 0 Å². The van der Waals surface area contributed by atoms with Gasteiger partial charge in [-0.15, -0.1) is 24.0 Å². The molecule has 1 aromatic carbocycles. The molecule has 1 amide bonds. The van der Waals surface area contributed by atoms with Gasteiger partial charge in [-0.1, -0.05) is 23.7 Å². The van der Waals surface area contributed by atoms with Crippen molar-refractivity contribution in [1.29, 1.82) is 0 Å². The van der Waals surface area contributed by atoms with Gasteiger partial charge in [0.1, 0.15) is 0 Å². The van der Waals surface area contributed by atoms with Crippen LogP contribution < -0.4 is 0 Å². The monoisotopic (exact) mass is 478 g/mol. The largest absolute Gasteiger partial charge is 0.349 e. The Morgan fingerprint density at radius 2 is 2.08 bits per heavy atom. The minimum atomic E-state index is 0. The Kier molecular flexibility index (Phi) is 8.99. The first-order valence-electron chi connectivity index (χ1n) is 8.43. The number of benzene rings is 1. The number of hydrogen-bond donors (Lipinski definition) is 0. The highest BCUT2D eigenvalue weighted by Crippen LogP contribution is 2.16. The van der Waals surface area contributed by atoms with Crippen LogP contribution in [0, 0.1) is 0 Å². The highest BCUT2D eigenvalue weighted by Gasteiger charge is 2.29. The molecule has 1 atom stereocenters. The minimum absolute atomic E-state index is 0. The van der Waals surface area contributed by atoms with Gasteiger partial charge in [0.05, 0.1) is 6.42 Å². The van der Waals surface area contributed by atoms with Crippen LogP contribution in [0.4, 0.5) is 0 Å². The number of halogens is 2. The van der Waals surface area contributed by atoms with Gasteiger partial charge in [-0.3, -0.25) is 9.79 Å². The fourth-order valence-electron chi connectivity index (χ4n) is 3.10. The predicted molar refractivity (Wildman–Crippen MR) is 115 cm³/mol. The summed E-state index contributed by atoms with van der Waals surface area (Å²) in [5.41, 5.74) is 0.962. The van der Waals surface area contributed by atoms with Crippen molar-refractivity contribution in [2.75, 3.05) is 40.3 Å². The number of nitrogens with zero attached hydrogens (tertiary/aromatic N) is 4. The lowest BCUT2D eigenvalue weighted by molar-refractivity contribution is -0.134. The lowest BCUT2D eigenvalue weighted by Gasteiger charge is -2.42. The van der Waals surface area contributed by atoms with Gasteiger partial charge in [-0.2, -0.15) is 0 Å². The number of aliphatic imine (C=N–C) groups is 1. The average molecular weight is 479 g/mol. The van der Waals surface area contributed by atoms with Crippen LogP contribution in [-0.2, 0) is 11.2 Å². The number of hydrogen-bond acceptors (Lipinski definition) is 2. The molecule has 1 saturated heterocycles. The lowest BCUT2D eigenvalue weighted by atomic mass is 10.1. The molecule has 0 aromatic heterocycles. The summed E-state index contributed by atoms with van der Waals surface area (Å²) in [6.45, 7) is 7.23. The Hall–Kier alpha value is -1.02.